The Morgan fingerprint density at radius 3 is 2.82 bits per heavy atom. The van der Waals surface area contributed by atoms with E-state index in [1.165, 1.54) is 6.07 Å². The first-order valence-electron chi connectivity index (χ1n) is 4.36. The van der Waals surface area contributed by atoms with Crippen molar-refractivity contribution < 1.29 is 9.32 Å². The Morgan fingerprint density at radius 1 is 1.41 bits per heavy atom. The number of halogens is 2. The van der Waals surface area contributed by atoms with E-state index in [1.807, 2.05) is 0 Å². The van der Waals surface area contributed by atoms with Crippen molar-refractivity contribution in [1.29, 1.82) is 0 Å². The number of rotatable bonds is 2. The summed E-state index contributed by atoms with van der Waals surface area (Å²) in [7, 11) is 0. The Balaban J connectivity index is 2.22. The van der Waals surface area contributed by atoms with Gasteiger partial charge in [-0.15, -0.1) is 10.2 Å². The lowest BCUT2D eigenvalue weighted by atomic mass is 10.3. The smallest absolute Gasteiger partial charge is 0.315 e. The summed E-state index contributed by atoms with van der Waals surface area (Å²) in [6.07, 6.45) is 0. The molecule has 0 aliphatic heterocycles. The summed E-state index contributed by atoms with van der Waals surface area (Å²) in [5.41, 5.74) is 0.0718. The summed E-state index contributed by atoms with van der Waals surface area (Å²) in [6.45, 7) is 1.62. The molecule has 0 unspecified atom stereocenters. The van der Waals surface area contributed by atoms with Crippen molar-refractivity contribution >= 4 is 35.1 Å². The predicted molar refractivity (Wildman–Crippen MR) is 59.0 cm³/mol. The quantitative estimate of drug-likeness (QED) is 0.896. The van der Waals surface area contributed by atoms with Crippen molar-refractivity contribution in [2.24, 2.45) is 0 Å². The molecular weight excluding hydrogens is 269 g/mol. The van der Waals surface area contributed by atoms with Crippen molar-refractivity contribution in [3.8, 4) is 0 Å². The van der Waals surface area contributed by atoms with Gasteiger partial charge in [-0.2, -0.15) is 4.98 Å². The molecule has 0 saturated heterocycles. The molecule has 0 saturated carbocycles. The summed E-state index contributed by atoms with van der Waals surface area (Å²) < 4.78 is 4.72. The molecule has 7 nitrogen and oxygen atoms in total. The largest absolute Gasteiger partial charge is 0.328 e. The lowest BCUT2D eigenvalue weighted by Gasteiger charge is -2.01. The molecule has 17 heavy (non-hydrogen) atoms. The summed E-state index contributed by atoms with van der Waals surface area (Å²) in [5, 5.41) is 12.9. The minimum atomic E-state index is -0.560. The van der Waals surface area contributed by atoms with Crippen LogP contribution in [-0.2, 0) is 0 Å². The highest BCUT2D eigenvalue weighted by Crippen LogP contribution is 2.16. The third kappa shape index (κ3) is 2.69. The Labute approximate surface area is 105 Å². The zero-order valence-corrected chi connectivity index (χ0v) is 9.95. The van der Waals surface area contributed by atoms with Crippen LogP contribution in [0, 0.1) is 6.92 Å². The Kier molecular flexibility index (Phi) is 3.21. The van der Waals surface area contributed by atoms with Crippen molar-refractivity contribution in [3.05, 3.63) is 27.8 Å². The molecule has 2 aromatic rings. The van der Waals surface area contributed by atoms with E-state index in [9.17, 15) is 4.79 Å². The SMILES string of the molecule is Cc1noc(NC(=O)c2cc(Cl)nnc2Cl)n1. The molecule has 2 rings (SSSR count). The van der Waals surface area contributed by atoms with Crippen LogP contribution >= 0.6 is 23.2 Å². The van der Waals surface area contributed by atoms with Crippen LogP contribution in [0.4, 0.5) is 6.01 Å². The van der Waals surface area contributed by atoms with Gasteiger partial charge in [0.25, 0.3) is 5.91 Å². The zero-order chi connectivity index (χ0) is 12.4. The van der Waals surface area contributed by atoms with Crippen LogP contribution in [-0.4, -0.2) is 26.2 Å². The van der Waals surface area contributed by atoms with Gasteiger partial charge < -0.3 is 4.52 Å². The van der Waals surface area contributed by atoms with Crippen LogP contribution in [0.15, 0.2) is 10.6 Å². The maximum Gasteiger partial charge on any atom is 0.328 e. The van der Waals surface area contributed by atoms with Crippen LogP contribution in [0.5, 0.6) is 0 Å². The van der Waals surface area contributed by atoms with Crippen molar-refractivity contribution in [3.63, 3.8) is 0 Å². The third-order valence-electron chi connectivity index (χ3n) is 1.71. The van der Waals surface area contributed by atoms with Crippen LogP contribution in [0.25, 0.3) is 0 Å². The van der Waals surface area contributed by atoms with Gasteiger partial charge in [0.1, 0.15) is 0 Å². The highest BCUT2D eigenvalue weighted by molar-refractivity contribution is 6.34. The van der Waals surface area contributed by atoms with Crippen LogP contribution in [0.3, 0.4) is 0 Å². The molecule has 0 atom stereocenters. The van der Waals surface area contributed by atoms with Gasteiger partial charge in [0.2, 0.25) is 0 Å². The fraction of sp³-hybridized carbons (Fsp3) is 0.125. The van der Waals surface area contributed by atoms with Gasteiger partial charge >= 0.3 is 6.01 Å². The molecule has 0 aromatic carbocycles. The van der Waals surface area contributed by atoms with Gasteiger partial charge in [-0.3, -0.25) is 10.1 Å². The molecule has 88 valence electrons. The van der Waals surface area contributed by atoms with E-state index in [0.717, 1.165) is 0 Å². The van der Waals surface area contributed by atoms with E-state index in [4.69, 9.17) is 27.7 Å². The van der Waals surface area contributed by atoms with Crippen molar-refractivity contribution in [2.75, 3.05) is 5.32 Å². The lowest BCUT2D eigenvalue weighted by molar-refractivity contribution is 0.102. The van der Waals surface area contributed by atoms with E-state index in [2.05, 4.69) is 25.7 Å². The molecule has 2 heterocycles. The predicted octanol–water partition coefficient (Wildman–Crippen LogP) is 1.73. The molecule has 2 aromatic heterocycles. The van der Waals surface area contributed by atoms with E-state index in [0.29, 0.717) is 5.82 Å². The maximum atomic E-state index is 11.7. The molecule has 9 heteroatoms. The number of aryl methyl sites for hydroxylation is 1. The number of nitrogens with zero attached hydrogens (tertiary/aromatic N) is 4. The van der Waals surface area contributed by atoms with Gasteiger partial charge in [0.15, 0.2) is 16.1 Å². The molecule has 0 bridgehead atoms. The number of amides is 1. The van der Waals surface area contributed by atoms with Crippen molar-refractivity contribution in [2.45, 2.75) is 6.92 Å². The third-order valence-corrected chi connectivity index (χ3v) is 2.18. The number of carbonyl (C=O) groups excluding carboxylic acids is 1. The molecule has 1 amide bonds. The average molecular weight is 274 g/mol. The summed E-state index contributed by atoms with van der Waals surface area (Å²) in [4.78, 5) is 15.6. The second-order valence-corrected chi connectivity index (χ2v) is 3.72. The van der Waals surface area contributed by atoms with Gasteiger partial charge in [-0.25, -0.2) is 0 Å². The number of anilines is 1. The summed E-state index contributed by atoms with van der Waals surface area (Å²) >= 11 is 11.3. The molecular formula is C8H5Cl2N5O2. The normalized spacial score (nSPS) is 10.3. The van der Waals surface area contributed by atoms with E-state index < -0.39 is 5.91 Å². The molecule has 0 aliphatic carbocycles. The fourth-order valence-corrected chi connectivity index (χ4v) is 1.35. The first kappa shape index (κ1) is 11.7. The molecule has 0 aliphatic rings. The second kappa shape index (κ2) is 4.64. The number of nitrogens with one attached hydrogen (secondary N) is 1. The average Bonchev–Trinajstić information content (AvgIpc) is 2.67. The Hall–Kier alpha value is -1.73. The van der Waals surface area contributed by atoms with Crippen molar-refractivity contribution in [1.82, 2.24) is 20.3 Å². The number of carbonyl (C=O) groups is 1. The maximum absolute atomic E-state index is 11.7. The Bertz CT molecular complexity index is 571. The number of hydrogen-bond donors (Lipinski definition) is 1. The minimum Gasteiger partial charge on any atom is -0.315 e. The first-order chi connectivity index (χ1) is 8.06. The summed E-state index contributed by atoms with van der Waals surface area (Å²) in [6, 6.07) is 1.26. The van der Waals surface area contributed by atoms with Gasteiger partial charge in [0, 0.05) is 0 Å². The standard InChI is InChI=1S/C8H5Cl2N5O2/c1-3-11-8(17-15-3)12-7(16)4-2-5(9)13-14-6(4)10/h2H,1H3,(H,11,12,15,16). The number of aromatic nitrogens is 4. The fourth-order valence-electron chi connectivity index (χ4n) is 1.02. The van der Waals surface area contributed by atoms with Crippen LogP contribution < -0.4 is 5.32 Å². The highest BCUT2D eigenvalue weighted by atomic mass is 35.5. The van der Waals surface area contributed by atoms with Gasteiger partial charge in [0.05, 0.1) is 5.56 Å². The van der Waals surface area contributed by atoms with Crippen LogP contribution in [0.1, 0.15) is 16.2 Å². The molecule has 0 radical (unpaired) electrons. The monoisotopic (exact) mass is 273 g/mol. The van der Waals surface area contributed by atoms with Gasteiger partial charge in [-0.05, 0) is 13.0 Å². The first-order valence-corrected chi connectivity index (χ1v) is 5.12. The second-order valence-electron chi connectivity index (χ2n) is 2.97. The topological polar surface area (TPSA) is 93.8 Å². The molecule has 0 spiro atoms. The van der Waals surface area contributed by atoms with Gasteiger partial charge in [-0.1, -0.05) is 28.4 Å². The van der Waals surface area contributed by atoms with E-state index in [1.54, 1.807) is 6.92 Å². The molecule has 0 fully saturated rings. The van der Waals surface area contributed by atoms with Crippen LogP contribution in [0.2, 0.25) is 10.3 Å². The number of hydrogen-bond acceptors (Lipinski definition) is 6. The molecule has 1 N–H and O–H groups in total. The van der Waals surface area contributed by atoms with E-state index >= 15 is 0 Å². The minimum absolute atomic E-state index is 0.0310. The summed E-state index contributed by atoms with van der Waals surface area (Å²) in [5.74, 6) is -0.160. The lowest BCUT2D eigenvalue weighted by Crippen LogP contribution is -2.13. The Morgan fingerprint density at radius 2 is 2.18 bits per heavy atom. The zero-order valence-electron chi connectivity index (χ0n) is 8.44. The highest BCUT2D eigenvalue weighted by Gasteiger charge is 2.15. The van der Waals surface area contributed by atoms with E-state index in [-0.39, 0.29) is 21.9 Å².